The number of para-hydroxylation sites is 1. The molecule has 3 aromatic rings. The first-order valence-corrected chi connectivity index (χ1v) is 11.0. The number of benzene rings is 2. The molecular weight excluding hydrogens is 498 g/mol. The summed E-state index contributed by atoms with van der Waals surface area (Å²) in [5.41, 5.74) is 0.845. The lowest BCUT2D eigenvalue weighted by Gasteiger charge is -2.24. The van der Waals surface area contributed by atoms with Gasteiger partial charge in [0.2, 0.25) is 0 Å². The Morgan fingerprint density at radius 1 is 1.28 bits per heavy atom. The zero-order chi connectivity index (χ0) is 23.0. The molecule has 2 aromatic carbocycles. The van der Waals surface area contributed by atoms with Crippen LogP contribution in [0.3, 0.4) is 0 Å². The van der Waals surface area contributed by atoms with E-state index in [4.69, 9.17) is 4.74 Å². The third-order valence-corrected chi connectivity index (χ3v) is 6.48. The fourth-order valence-electron chi connectivity index (χ4n) is 3.62. The summed E-state index contributed by atoms with van der Waals surface area (Å²) in [5.74, 6) is -0.698. The summed E-state index contributed by atoms with van der Waals surface area (Å²) in [6.07, 6.45) is 1.72. The number of aromatic nitrogens is 1. The highest BCUT2D eigenvalue weighted by molar-refractivity contribution is 9.10. The van der Waals surface area contributed by atoms with Crippen LogP contribution < -0.4 is 14.9 Å². The summed E-state index contributed by atoms with van der Waals surface area (Å²) in [6.45, 7) is 1.62. The summed E-state index contributed by atoms with van der Waals surface area (Å²) >= 11 is 4.57. The second-order valence-electron chi connectivity index (χ2n) is 6.94. The number of methoxy groups -OCH3 is 1. The molecule has 0 spiro atoms. The molecule has 1 aliphatic heterocycles. The van der Waals surface area contributed by atoms with E-state index in [1.807, 2.05) is 24.3 Å². The first kappa shape index (κ1) is 21.8. The van der Waals surface area contributed by atoms with Gasteiger partial charge in [0.1, 0.15) is 6.04 Å². The van der Waals surface area contributed by atoms with Crippen LogP contribution in [0.2, 0.25) is 0 Å². The standard InChI is InChI=1S/C22H16BrN3O5S/c1-12-18(21(28)31-2)19(15-8-3-4-9-16(15)26(29)30)25-20(27)17(32-22(25)24-12)11-13-6-5-7-14(23)10-13/h3-11,19H,1-2H3. The smallest absolute Gasteiger partial charge is 0.338 e. The van der Waals surface area contributed by atoms with Crippen molar-refractivity contribution in [1.29, 1.82) is 0 Å². The number of hydrogen-bond donors (Lipinski definition) is 0. The molecule has 0 N–H and O–H groups in total. The van der Waals surface area contributed by atoms with E-state index >= 15 is 0 Å². The molecule has 1 unspecified atom stereocenters. The van der Waals surface area contributed by atoms with E-state index in [1.165, 1.54) is 29.9 Å². The van der Waals surface area contributed by atoms with E-state index in [0.29, 0.717) is 15.0 Å². The zero-order valence-electron chi connectivity index (χ0n) is 16.9. The van der Waals surface area contributed by atoms with Gasteiger partial charge in [0.05, 0.1) is 33.4 Å². The van der Waals surface area contributed by atoms with Crippen molar-refractivity contribution in [3.63, 3.8) is 0 Å². The second-order valence-corrected chi connectivity index (χ2v) is 8.87. The molecule has 0 amide bonds. The Kier molecular flexibility index (Phi) is 5.90. The van der Waals surface area contributed by atoms with Gasteiger partial charge in [-0.3, -0.25) is 19.5 Å². The maximum absolute atomic E-state index is 13.5. The lowest BCUT2D eigenvalue weighted by Crippen LogP contribution is -2.40. The van der Waals surface area contributed by atoms with Crippen LogP contribution in [0.25, 0.3) is 6.08 Å². The maximum atomic E-state index is 13.5. The van der Waals surface area contributed by atoms with Crippen LogP contribution in [0.4, 0.5) is 5.69 Å². The van der Waals surface area contributed by atoms with Crippen molar-refractivity contribution in [1.82, 2.24) is 4.57 Å². The molecule has 162 valence electrons. The van der Waals surface area contributed by atoms with Gasteiger partial charge in [-0.25, -0.2) is 9.79 Å². The molecule has 0 bridgehead atoms. The number of nitrogens with zero attached hydrogens (tertiary/aromatic N) is 3. The van der Waals surface area contributed by atoms with Crippen LogP contribution in [0.5, 0.6) is 0 Å². The van der Waals surface area contributed by atoms with Gasteiger partial charge >= 0.3 is 5.97 Å². The quantitative estimate of drug-likeness (QED) is 0.303. The highest BCUT2D eigenvalue weighted by Gasteiger charge is 2.36. The van der Waals surface area contributed by atoms with Gasteiger partial charge in [-0.1, -0.05) is 51.5 Å². The minimum absolute atomic E-state index is 0.0863. The number of esters is 1. The number of allylic oxidation sites excluding steroid dienone is 1. The van der Waals surface area contributed by atoms with E-state index in [1.54, 1.807) is 19.1 Å². The molecule has 4 rings (SSSR count). The van der Waals surface area contributed by atoms with Gasteiger partial charge in [0.25, 0.3) is 11.2 Å². The Hall–Kier alpha value is -3.37. The summed E-state index contributed by atoms with van der Waals surface area (Å²) in [4.78, 5) is 42.1. The SMILES string of the molecule is COC(=O)C1=C(C)N=c2sc(=Cc3cccc(Br)c3)c(=O)n2C1c1ccccc1[N+](=O)[O-]. The Morgan fingerprint density at radius 2 is 2.03 bits per heavy atom. The monoisotopic (exact) mass is 513 g/mol. The van der Waals surface area contributed by atoms with Crippen molar-refractivity contribution >= 4 is 45.0 Å². The van der Waals surface area contributed by atoms with Gasteiger partial charge in [0.15, 0.2) is 4.80 Å². The Bertz CT molecular complexity index is 1470. The van der Waals surface area contributed by atoms with Gasteiger partial charge < -0.3 is 4.74 Å². The van der Waals surface area contributed by atoms with E-state index in [2.05, 4.69) is 20.9 Å². The lowest BCUT2D eigenvalue weighted by molar-refractivity contribution is -0.385. The molecule has 32 heavy (non-hydrogen) atoms. The molecule has 1 atom stereocenters. The first-order chi connectivity index (χ1) is 15.3. The highest BCUT2D eigenvalue weighted by atomic mass is 79.9. The van der Waals surface area contributed by atoms with Gasteiger partial charge in [0, 0.05) is 10.5 Å². The molecule has 0 aliphatic carbocycles. The zero-order valence-corrected chi connectivity index (χ0v) is 19.3. The molecule has 1 aliphatic rings. The van der Waals surface area contributed by atoms with Crippen molar-refractivity contribution in [3.8, 4) is 0 Å². The van der Waals surface area contributed by atoms with E-state index in [9.17, 15) is 19.7 Å². The largest absolute Gasteiger partial charge is 0.466 e. The van der Waals surface area contributed by atoms with Crippen molar-refractivity contribution in [2.45, 2.75) is 13.0 Å². The van der Waals surface area contributed by atoms with Crippen LogP contribution in [0.1, 0.15) is 24.1 Å². The number of carbonyl (C=O) groups is 1. The number of rotatable bonds is 4. The average Bonchev–Trinajstić information content (AvgIpc) is 3.06. The van der Waals surface area contributed by atoms with Crippen LogP contribution in [-0.2, 0) is 9.53 Å². The molecule has 2 heterocycles. The number of halogens is 1. The molecule has 0 saturated heterocycles. The topological polar surface area (TPSA) is 104 Å². The fourth-order valence-corrected chi connectivity index (χ4v) is 5.08. The predicted molar refractivity (Wildman–Crippen MR) is 123 cm³/mol. The van der Waals surface area contributed by atoms with E-state index < -0.39 is 22.5 Å². The maximum Gasteiger partial charge on any atom is 0.338 e. The average molecular weight is 514 g/mol. The Morgan fingerprint density at radius 3 is 2.72 bits per heavy atom. The molecule has 0 fully saturated rings. The number of thiazole rings is 1. The van der Waals surface area contributed by atoms with Crippen molar-refractivity contribution in [2.75, 3.05) is 7.11 Å². The second kappa shape index (κ2) is 8.64. The van der Waals surface area contributed by atoms with Crippen LogP contribution in [-0.4, -0.2) is 22.6 Å². The Balaban J connectivity index is 2.04. The van der Waals surface area contributed by atoms with Crippen LogP contribution in [0.15, 0.2) is 74.1 Å². The highest BCUT2D eigenvalue weighted by Crippen LogP contribution is 2.35. The van der Waals surface area contributed by atoms with E-state index in [-0.39, 0.29) is 16.8 Å². The number of nitro benzene ring substituents is 1. The summed E-state index contributed by atoms with van der Waals surface area (Å²) in [7, 11) is 1.22. The third-order valence-electron chi connectivity index (χ3n) is 5.00. The first-order valence-electron chi connectivity index (χ1n) is 9.41. The molecular formula is C22H16BrN3O5S. The summed E-state index contributed by atoms with van der Waals surface area (Å²) in [6, 6.07) is 12.5. The normalized spacial score (nSPS) is 15.8. The van der Waals surface area contributed by atoms with Crippen molar-refractivity contribution in [3.05, 3.63) is 105 Å². The lowest BCUT2D eigenvalue weighted by atomic mass is 9.94. The van der Waals surface area contributed by atoms with Crippen molar-refractivity contribution in [2.24, 2.45) is 4.99 Å². The summed E-state index contributed by atoms with van der Waals surface area (Å²) < 4.78 is 7.52. The number of carbonyl (C=O) groups excluding carboxylic acids is 1. The van der Waals surface area contributed by atoms with Crippen LogP contribution >= 0.6 is 27.3 Å². The molecule has 1 aromatic heterocycles. The molecule has 8 nitrogen and oxygen atoms in total. The summed E-state index contributed by atoms with van der Waals surface area (Å²) in [5, 5.41) is 11.7. The van der Waals surface area contributed by atoms with Gasteiger partial charge in [-0.2, -0.15) is 0 Å². The van der Waals surface area contributed by atoms with Crippen molar-refractivity contribution < 1.29 is 14.5 Å². The number of nitro groups is 1. The number of hydrogen-bond acceptors (Lipinski definition) is 7. The fraction of sp³-hybridized carbons (Fsp3) is 0.136. The predicted octanol–water partition coefficient (Wildman–Crippen LogP) is 3.08. The molecule has 0 saturated carbocycles. The van der Waals surface area contributed by atoms with Crippen LogP contribution in [0, 0.1) is 10.1 Å². The molecule has 0 radical (unpaired) electrons. The van der Waals surface area contributed by atoms with E-state index in [0.717, 1.165) is 21.4 Å². The number of ether oxygens (including phenoxy) is 1. The minimum Gasteiger partial charge on any atom is -0.466 e. The number of fused-ring (bicyclic) bond motifs is 1. The van der Waals surface area contributed by atoms with Gasteiger partial charge in [-0.15, -0.1) is 0 Å². The molecule has 10 heteroatoms. The Labute approximate surface area is 194 Å². The van der Waals surface area contributed by atoms with Gasteiger partial charge in [-0.05, 0) is 36.8 Å². The third kappa shape index (κ3) is 3.82. The minimum atomic E-state index is -1.04.